The lowest BCUT2D eigenvalue weighted by Crippen LogP contribution is -2.27. The highest BCUT2D eigenvalue weighted by molar-refractivity contribution is 7.09. The molecule has 0 spiro atoms. The van der Waals surface area contributed by atoms with Crippen LogP contribution in [0, 0.1) is 0 Å². The second-order valence-corrected chi connectivity index (χ2v) is 8.66. The molecule has 1 N–H and O–H groups in total. The van der Waals surface area contributed by atoms with Crippen LogP contribution in [0.2, 0.25) is 0 Å². The molecule has 0 aliphatic rings. The minimum absolute atomic E-state index is 0.196. The van der Waals surface area contributed by atoms with Crippen LogP contribution < -0.4 is 10.9 Å². The average molecular weight is 494 g/mol. The van der Waals surface area contributed by atoms with E-state index in [0.717, 1.165) is 12.3 Å². The van der Waals surface area contributed by atoms with Gasteiger partial charge in [-0.25, -0.2) is 4.98 Å². The van der Waals surface area contributed by atoms with Crippen LogP contribution in [0.4, 0.5) is 13.2 Å². The Labute approximate surface area is 200 Å². The van der Waals surface area contributed by atoms with Gasteiger partial charge in [-0.15, -0.1) is 0 Å². The highest BCUT2D eigenvalue weighted by Gasteiger charge is 2.32. The molecule has 176 valence electrons. The number of carbonyl (C=O) groups excluding carboxylic acids is 1. The number of benzene rings is 1. The first-order valence-electron chi connectivity index (χ1n) is 10.5. The zero-order valence-electron chi connectivity index (χ0n) is 18.2. The molecule has 0 aliphatic heterocycles. The highest BCUT2D eigenvalue weighted by atomic mass is 32.1. The van der Waals surface area contributed by atoms with Gasteiger partial charge >= 0.3 is 6.18 Å². The Kier molecular flexibility index (Phi) is 5.60. The van der Waals surface area contributed by atoms with Crippen molar-refractivity contribution >= 4 is 38.9 Å². The molecule has 0 unspecified atom stereocenters. The van der Waals surface area contributed by atoms with Gasteiger partial charge in [0.05, 0.1) is 34.5 Å². The number of pyridine rings is 3. The van der Waals surface area contributed by atoms with Crippen LogP contribution in [0.5, 0.6) is 0 Å². The number of nitrogens with one attached hydrogen (secondary N) is 1. The van der Waals surface area contributed by atoms with E-state index in [1.54, 1.807) is 35.8 Å². The number of rotatable bonds is 4. The van der Waals surface area contributed by atoms with Crippen molar-refractivity contribution in [2.24, 2.45) is 0 Å². The molecule has 6 nitrogen and oxygen atoms in total. The Morgan fingerprint density at radius 1 is 1.03 bits per heavy atom. The molecular weight excluding hydrogens is 477 g/mol. The largest absolute Gasteiger partial charge is 0.433 e. The van der Waals surface area contributed by atoms with Gasteiger partial charge < -0.3 is 5.32 Å². The maximum Gasteiger partial charge on any atom is 0.433 e. The quantitative estimate of drug-likeness (QED) is 0.358. The fourth-order valence-electron chi connectivity index (χ4n) is 3.92. The molecule has 35 heavy (non-hydrogen) atoms. The minimum Gasteiger partial charge on any atom is -0.344 e. The summed E-state index contributed by atoms with van der Waals surface area (Å²) in [7, 11) is 0. The van der Waals surface area contributed by atoms with Gasteiger partial charge in [0.1, 0.15) is 5.69 Å². The Morgan fingerprint density at radius 2 is 1.83 bits per heavy atom. The molecule has 4 aromatic heterocycles. The molecule has 1 amide bonds. The van der Waals surface area contributed by atoms with Gasteiger partial charge in [0, 0.05) is 27.9 Å². The molecule has 10 heteroatoms. The molecule has 5 aromatic rings. The van der Waals surface area contributed by atoms with Crippen LogP contribution in [0.3, 0.4) is 0 Å². The summed E-state index contributed by atoms with van der Waals surface area (Å²) in [5, 5.41) is 8.10. The van der Waals surface area contributed by atoms with E-state index in [1.807, 2.05) is 24.4 Å². The summed E-state index contributed by atoms with van der Waals surface area (Å²) in [6, 6.07) is 12.0. The van der Waals surface area contributed by atoms with E-state index in [1.165, 1.54) is 22.0 Å². The Morgan fingerprint density at radius 3 is 2.51 bits per heavy atom. The second kappa shape index (κ2) is 8.62. The zero-order valence-corrected chi connectivity index (χ0v) is 19.0. The monoisotopic (exact) mass is 494 g/mol. The van der Waals surface area contributed by atoms with E-state index in [4.69, 9.17) is 0 Å². The normalized spacial score (nSPS) is 12.7. The fourth-order valence-corrected chi connectivity index (χ4v) is 4.74. The predicted molar refractivity (Wildman–Crippen MR) is 128 cm³/mol. The molecule has 1 atom stereocenters. The Balaban J connectivity index is 1.60. The van der Waals surface area contributed by atoms with Crippen LogP contribution in [-0.4, -0.2) is 20.4 Å². The molecule has 0 bridgehead atoms. The molecule has 0 aliphatic carbocycles. The second-order valence-electron chi connectivity index (χ2n) is 7.92. The van der Waals surface area contributed by atoms with Crippen LogP contribution >= 0.6 is 11.3 Å². The van der Waals surface area contributed by atoms with Gasteiger partial charge in [-0.3, -0.25) is 19.1 Å². The third-order valence-corrected chi connectivity index (χ3v) is 6.40. The van der Waals surface area contributed by atoms with E-state index in [2.05, 4.69) is 15.3 Å². The summed E-state index contributed by atoms with van der Waals surface area (Å²) < 4.78 is 40.2. The maximum absolute atomic E-state index is 13.2. The van der Waals surface area contributed by atoms with Gasteiger partial charge in [-0.2, -0.15) is 24.5 Å². The van der Waals surface area contributed by atoms with Gasteiger partial charge in [0.15, 0.2) is 0 Å². The van der Waals surface area contributed by atoms with E-state index in [9.17, 15) is 22.8 Å². The Bertz CT molecular complexity index is 1610. The zero-order chi connectivity index (χ0) is 24.7. The molecule has 5 rings (SSSR count). The number of carbonyl (C=O) groups is 1. The topological polar surface area (TPSA) is 76.9 Å². The van der Waals surface area contributed by atoms with Gasteiger partial charge in [0.2, 0.25) is 0 Å². The van der Waals surface area contributed by atoms with Crippen molar-refractivity contribution in [3.63, 3.8) is 0 Å². The first-order chi connectivity index (χ1) is 16.7. The summed E-state index contributed by atoms with van der Waals surface area (Å²) >= 11 is 1.33. The summed E-state index contributed by atoms with van der Waals surface area (Å²) in [6.07, 6.45) is -1.91. The first-order valence-corrected chi connectivity index (χ1v) is 11.5. The summed E-state index contributed by atoms with van der Waals surface area (Å²) in [6.45, 7) is 1.83. The number of aromatic nitrogens is 3. The van der Waals surface area contributed by atoms with E-state index < -0.39 is 11.9 Å². The molecule has 0 radical (unpaired) electrons. The molecule has 0 saturated heterocycles. The van der Waals surface area contributed by atoms with Crippen molar-refractivity contribution in [3.05, 3.63) is 99.0 Å². The van der Waals surface area contributed by atoms with Gasteiger partial charge in [-0.05, 0) is 54.8 Å². The van der Waals surface area contributed by atoms with Crippen LogP contribution in [-0.2, 0) is 6.18 Å². The van der Waals surface area contributed by atoms with Gasteiger partial charge in [0.25, 0.3) is 11.5 Å². The van der Waals surface area contributed by atoms with Crippen LogP contribution in [0.15, 0.2) is 76.5 Å². The van der Waals surface area contributed by atoms with Crippen LogP contribution in [0.1, 0.15) is 34.7 Å². The third-order valence-electron chi connectivity index (χ3n) is 5.66. The number of hydrogen-bond acceptors (Lipinski definition) is 5. The number of amides is 1. The fraction of sp³-hybridized carbons (Fsp3) is 0.120. The van der Waals surface area contributed by atoms with Crippen molar-refractivity contribution in [2.75, 3.05) is 0 Å². The molecule has 4 heterocycles. The third kappa shape index (κ3) is 4.17. The number of hydrogen-bond donors (Lipinski definition) is 1. The number of fused-ring (bicyclic) bond motifs is 3. The van der Waals surface area contributed by atoms with Crippen molar-refractivity contribution in [3.8, 4) is 5.69 Å². The van der Waals surface area contributed by atoms with Crippen molar-refractivity contribution in [1.29, 1.82) is 0 Å². The SMILES string of the molecule is C[C@H](NC(=O)c1ccc2c(c1)c1cscc1c(=O)n2-c1ccc(C(F)(F)F)nc1)c1ccccn1. The molecular formula is C25H17F3N4O2S. The number of thiophene rings is 1. The number of halogens is 3. The molecule has 1 aromatic carbocycles. The summed E-state index contributed by atoms with van der Waals surface area (Å²) in [5.74, 6) is -0.317. The van der Waals surface area contributed by atoms with Gasteiger partial charge in [-0.1, -0.05) is 6.07 Å². The molecule has 0 fully saturated rings. The lowest BCUT2D eigenvalue weighted by Gasteiger charge is -2.15. The standard InChI is InChI=1S/C25H17F3N4O2S/c1-14(20-4-2-3-9-29-20)31-23(33)15-5-7-21-17(10-15)18-12-35-13-19(18)24(34)32(21)16-6-8-22(30-11-16)25(26,27)28/h2-14H,1H3,(H,31,33)/t14-/m0/s1. The molecule has 0 saturated carbocycles. The first kappa shape index (κ1) is 22.7. The average Bonchev–Trinajstić information content (AvgIpc) is 3.35. The predicted octanol–water partition coefficient (Wildman–Crippen LogP) is 5.51. The van der Waals surface area contributed by atoms with E-state index in [-0.39, 0.29) is 23.2 Å². The van der Waals surface area contributed by atoms with E-state index >= 15 is 0 Å². The van der Waals surface area contributed by atoms with Crippen molar-refractivity contribution < 1.29 is 18.0 Å². The Hall–Kier alpha value is -4.05. The highest BCUT2D eigenvalue weighted by Crippen LogP contribution is 2.30. The minimum atomic E-state index is -4.59. The summed E-state index contributed by atoms with van der Waals surface area (Å²) in [4.78, 5) is 34.0. The maximum atomic E-state index is 13.2. The van der Waals surface area contributed by atoms with Crippen LogP contribution in [0.25, 0.3) is 27.4 Å². The van der Waals surface area contributed by atoms with Crippen molar-refractivity contribution in [1.82, 2.24) is 19.9 Å². The van der Waals surface area contributed by atoms with E-state index in [0.29, 0.717) is 32.9 Å². The smallest absolute Gasteiger partial charge is 0.344 e. The lowest BCUT2D eigenvalue weighted by molar-refractivity contribution is -0.141. The number of alkyl halides is 3. The van der Waals surface area contributed by atoms with Crippen molar-refractivity contribution in [2.45, 2.75) is 19.1 Å². The lowest BCUT2D eigenvalue weighted by atomic mass is 10.1. The number of nitrogens with zero attached hydrogens (tertiary/aromatic N) is 3. The summed E-state index contributed by atoms with van der Waals surface area (Å²) in [5.41, 5.74) is 0.320.